The highest BCUT2D eigenvalue weighted by Crippen LogP contribution is 2.22. The normalized spacial score (nSPS) is 13.7. The smallest absolute Gasteiger partial charge is 0.270 e. The first-order valence-electron chi connectivity index (χ1n) is 6.11. The van der Waals surface area contributed by atoms with E-state index in [1.807, 2.05) is 13.8 Å². The molecule has 0 spiro atoms. The van der Waals surface area contributed by atoms with E-state index in [1.54, 1.807) is 0 Å². The topological polar surface area (TPSA) is 72.2 Å². The minimum atomic E-state index is -0.513. The average molecular weight is 329 g/mol. The molecule has 1 amide bonds. The lowest BCUT2D eigenvalue weighted by Crippen LogP contribution is -2.37. The molecule has 0 aliphatic rings. The van der Waals surface area contributed by atoms with E-state index in [0.29, 0.717) is 10.4 Å². The Hall–Kier alpha value is -1.43. The Morgan fingerprint density at radius 2 is 2.11 bits per heavy atom. The summed E-state index contributed by atoms with van der Waals surface area (Å²) in [6, 6.07) is 4.17. The third-order valence-corrected chi connectivity index (χ3v) is 3.95. The quantitative estimate of drug-likeness (QED) is 0.663. The Labute approximate surface area is 120 Å². The zero-order chi connectivity index (χ0) is 14.6. The van der Waals surface area contributed by atoms with Crippen LogP contribution < -0.4 is 5.32 Å². The first-order chi connectivity index (χ1) is 8.86. The van der Waals surface area contributed by atoms with Gasteiger partial charge in [-0.3, -0.25) is 14.9 Å². The number of hydrogen-bond donors (Lipinski definition) is 1. The molecule has 104 valence electrons. The number of halogens is 1. The molecule has 5 nitrogen and oxygen atoms in total. The average Bonchev–Trinajstić information content (AvgIpc) is 2.37. The van der Waals surface area contributed by atoms with Crippen molar-refractivity contribution in [2.75, 3.05) is 0 Å². The predicted molar refractivity (Wildman–Crippen MR) is 77.2 cm³/mol. The maximum atomic E-state index is 12.1. The van der Waals surface area contributed by atoms with Crippen molar-refractivity contribution in [3.8, 4) is 0 Å². The Bertz CT molecular complexity index is 491. The lowest BCUT2D eigenvalue weighted by atomic mass is 10.0. The van der Waals surface area contributed by atoms with Crippen LogP contribution in [0.4, 0.5) is 5.69 Å². The van der Waals surface area contributed by atoms with Crippen LogP contribution in [0.15, 0.2) is 22.7 Å². The number of nitro groups is 1. The molecule has 0 heterocycles. The molecule has 2 atom stereocenters. The van der Waals surface area contributed by atoms with Crippen LogP contribution in [0.5, 0.6) is 0 Å². The van der Waals surface area contributed by atoms with Crippen LogP contribution in [0.25, 0.3) is 0 Å². The van der Waals surface area contributed by atoms with Gasteiger partial charge in [0.1, 0.15) is 0 Å². The molecule has 1 aromatic rings. The van der Waals surface area contributed by atoms with Crippen LogP contribution in [0.1, 0.15) is 37.6 Å². The number of benzene rings is 1. The molecule has 1 N–H and O–H groups in total. The van der Waals surface area contributed by atoms with Gasteiger partial charge in [-0.15, -0.1) is 0 Å². The first kappa shape index (κ1) is 15.6. The van der Waals surface area contributed by atoms with Gasteiger partial charge in [0.05, 0.1) is 10.5 Å². The summed E-state index contributed by atoms with van der Waals surface area (Å²) in [4.78, 5) is 22.3. The molecule has 2 unspecified atom stereocenters. The summed E-state index contributed by atoms with van der Waals surface area (Å²) >= 11 is 3.24. The van der Waals surface area contributed by atoms with Crippen molar-refractivity contribution < 1.29 is 9.72 Å². The summed E-state index contributed by atoms with van der Waals surface area (Å²) in [5.41, 5.74) is 0.189. The fraction of sp³-hybridized carbons (Fsp3) is 0.462. The van der Waals surface area contributed by atoms with Gasteiger partial charge in [0, 0.05) is 22.6 Å². The van der Waals surface area contributed by atoms with E-state index in [2.05, 4.69) is 28.2 Å². The fourth-order valence-corrected chi connectivity index (χ4v) is 2.01. The Kier molecular flexibility index (Phi) is 5.47. The molecule has 0 radical (unpaired) electrons. The molecule has 1 aromatic carbocycles. The minimum absolute atomic E-state index is 0.0173. The molecule has 0 saturated carbocycles. The number of nitro benzene ring substituents is 1. The molecule has 0 aromatic heterocycles. The van der Waals surface area contributed by atoms with Crippen LogP contribution >= 0.6 is 15.9 Å². The van der Waals surface area contributed by atoms with Gasteiger partial charge in [-0.2, -0.15) is 0 Å². The number of hydrogen-bond acceptors (Lipinski definition) is 3. The molecule has 1 rings (SSSR count). The molecule has 0 aliphatic heterocycles. The number of rotatable bonds is 5. The van der Waals surface area contributed by atoms with Crippen molar-refractivity contribution in [1.82, 2.24) is 5.32 Å². The largest absolute Gasteiger partial charge is 0.349 e. The lowest BCUT2D eigenvalue weighted by Gasteiger charge is -2.20. The number of carbonyl (C=O) groups excluding carboxylic acids is 1. The van der Waals surface area contributed by atoms with Crippen LogP contribution in [-0.4, -0.2) is 16.9 Å². The molecule has 19 heavy (non-hydrogen) atoms. The second kappa shape index (κ2) is 6.65. The molecule has 0 bridgehead atoms. The number of non-ortho nitro benzene ring substituents is 1. The SMILES string of the molecule is CCC(C)C(C)NC(=O)c1cc([N+](=O)[O-])ccc1Br. The van der Waals surface area contributed by atoms with E-state index < -0.39 is 4.92 Å². The van der Waals surface area contributed by atoms with Crippen LogP contribution in [0.3, 0.4) is 0 Å². The highest BCUT2D eigenvalue weighted by molar-refractivity contribution is 9.10. The fourth-order valence-electron chi connectivity index (χ4n) is 1.58. The summed E-state index contributed by atoms with van der Waals surface area (Å²) in [7, 11) is 0. The van der Waals surface area contributed by atoms with Gasteiger partial charge >= 0.3 is 0 Å². The van der Waals surface area contributed by atoms with E-state index in [9.17, 15) is 14.9 Å². The van der Waals surface area contributed by atoms with Crippen molar-refractivity contribution in [3.05, 3.63) is 38.3 Å². The van der Waals surface area contributed by atoms with Crippen molar-refractivity contribution in [2.45, 2.75) is 33.2 Å². The predicted octanol–water partition coefficient (Wildman–Crippen LogP) is 3.52. The van der Waals surface area contributed by atoms with Gasteiger partial charge in [-0.05, 0) is 34.8 Å². The van der Waals surface area contributed by atoms with Gasteiger partial charge < -0.3 is 5.32 Å². The minimum Gasteiger partial charge on any atom is -0.349 e. The van der Waals surface area contributed by atoms with Gasteiger partial charge in [0.15, 0.2) is 0 Å². The Morgan fingerprint density at radius 1 is 1.47 bits per heavy atom. The number of amides is 1. The third kappa shape index (κ3) is 4.02. The maximum absolute atomic E-state index is 12.1. The summed E-state index contributed by atoms with van der Waals surface area (Å²) in [6.45, 7) is 6.03. The summed E-state index contributed by atoms with van der Waals surface area (Å²) in [6.07, 6.45) is 0.956. The van der Waals surface area contributed by atoms with Crippen LogP contribution in [0.2, 0.25) is 0 Å². The Balaban J connectivity index is 2.93. The monoisotopic (exact) mass is 328 g/mol. The standard InChI is InChI=1S/C13H17BrN2O3/c1-4-8(2)9(3)15-13(17)11-7-10(16(18)19)5-6-12(11)14/h5-9H,4H2,1-3H3,(H,15,17). The lowest BCUT2D eigenvalue weighted by molar-refractivity contribution is -0.384. The molecule has 0 fully saturated rings. The maximum Gasteiger partial charge on any atom is 0.270 e. The van der Waals surface area contributed by atoms with Gasteiger partial charge in [-0.25, -0.2) is 0 Å². The summed E-state index contributed by atoms with van der Waals surface area (Å²) in [5, 5.41) is 13.6. The summed E-state index contributed by atoms with van der Waals surface area (Å²) < 4.78 is 0.548. The van der Waals surface area contributed by atoms with E-state index >= 15 is 0 Å². The highest BCUT2D eigenvalue weighted by Gasteiger charge is 2.19. The van der Waals surface area contributed by atoms with E-state index in [1.165, 1.54) is 18.2 Å². The van der Waals surface area contributed by atoms with Gasteiger partial charge in [-0.1, -0.05) is 20.3 Å². The third-order valence-electron chi connectivity index (χ3n) is 3.26. The second-order valence-corrected chi connectivity index (χ2v) is 5.42. The van der Waals surface area contributed by atoms with E-state index in [4.69, 9.17) is 0 Å². The molecular formula is C13H17BrN2O3. The number of carbonyl (C=O) groups is 1. The number of nitrogens with one attached hydrogen (secondary N) is 1. The van der Waals surface area contributed by atoms with Crippen molar-refractivity contribution in [2.24, 2.45) is 5.92 Å². The van der Waals surface area contributed by atoms with E-state index in [0.717, 1.165) is 6.42 Å². The Morgan fingerprint density at radius 3 is 2.63 bits per heavy atom. The molecule has 6 heteroatoms. The number of nitrogens with zero attached hydrogens (tertiary/aromatic N) is 1. The van der Waals surface area contributed by atoms with Crippen LogP contribution in [-0.2, 0) is 0 Å². The van der Waals surface area contributed by atoms with Gasteiger partial charge in [0.25, 0.3) is 11.6 Å². The molecule has 0 saturated heterocycles. The van der Waals surface area contributed by atoms with Gasteiger partial charge in [0.2, 0.25) is 0 Å². The zero-order valence-corrected chi connectivity index (χ0v) is 12.7. The molecular weight excluding hydrogens is 312 g/mol. The first-order valence-corrected chi connectivity index (χ1v) is 6.90. The zero-order valence-electron chi connectivity index (χ0n) is 11.1. The van der Waals surface area contributed by atoms with Crippen LogP contribution in [0, 0.1) is 16.0 Å². The van der Waals surface area contributed by atoms with E-state index in [-0.39, 0.29) is 23.2 Å². The second-order valence-electron chi connectivity index (χ2n) is 4.57. The molecule has 0 aliphatic carbocycles. The van der Waals surface area contributed by atoms with Crippen molar-refractivity contribution in [3.63, 3.8) is 0 Å². The summed E-state index contributed by atoms with van der Waals surface area (Å²) in [5.74, 6) is 0.0461. The van der Waals surface area contributed by atoms with Crippen molar-refractivity contribution in [1.29, 1.82) is 0 Å². The van der Waals surface area contributed by atoms with Crippen molar-refractivity contribution >= 4 is 27.5 Å². The highest BCUT2D eigenvalue weighted by atomic mass is 79.9.